The summed E-state index contributed by atoms with van der Waals surface area (Å²) in [6.07, 6.45) is -4.50. The molecule has 2 N–H and O–H groups in total. The number of nitrogens with one attached hydrogen (secondary N) is 2. The Bertz CT molecular complexity index is 855. The number of nitrogens with zero attached hydrogens (tertiary/aromatic N) is 1. The third-order valence-corrected chi connectivity index (χ3v) is 4.16. The van der Waals surface area contributed by atoms with Gasteiger partial charge in [-0.2, -0.15) is 13.2 Å². The summed E-state index contributed by atoms with van der Waals surface area (Å²) in [7, 11) is 1.51. The summed E-state index contributed by atoms with van der Waals surface area (Å²) in [6, 6.07) is 9.05. The standard InChI is InChI=1S/C18H16Cl2F3N3O2/c1-26(10-16(28)25-17-13(19)6-3-7-14(17)20)9-15(27)24-12-5-2-4-11(8-12)18(21,22)23/h2-8H,9-10H2,1H3,(H,24,27)(H,25,28). The van der Waals surface area contributed by atoms with Crippen molar-refractivity contribution in [3.8, 4) is 0 Å². The number of halogens is 5. The molecule has 28 heavy (non-hydrogen) atoms. The fourth-order valence-corrected chi connectivity index (χ4v) is 2.81. The third-order valence-electron chi connectivity index (χ3n) is 3.53. The van der Waals surface area contributed by atoms with Crippen LogP contribution in [0.5, 0.6) is 0 Å². The smallest absolute Gasteiger partial charge is 0.325 e. The van der Waals surface area contributed by atoms with Crippen LogP contribution < -0.4 is 10.6 Å². The van der Waals surface area contributed by atoms with E-state index in [-0.39, 0.29) is 34.5 Å². The summed E-state index contributed by atoms with van der Waals surface area (Å²) in [6.45, 7) is -0.364. The predicted octanol–water partition coefficient (Wildman–Crippen LogP) is 4.52. The maximum atomic E-state index is 12.7. The highest BCUT2D eigenvalue weighted by Crippen LogP contribution is 2.31. The highest BCUT2D eigenvalue weighted by molar-refractivity contribution is 6.39. The Balaban J connectivity index is 1.90. The van der Waals surface area contributed by atoms with Crippen LogP contribution in [-0.4, -0.2) is 36.9 Å². The number of para-hydroxylation sites is 1. The van der Waals surface area contributed by atoms with Crippen molar-refractivity contribution in [2.24, 2.45) is 0 Å². The summed E-state index contributed by atoms with van der Waals surface area (Å²) < 4.78 is 38.1. The molecule has 5 nitrogen and oxygen atoms in total. The Hall–Kier alpha value is -2.29. The van der Waals surface area contributed by atoms with Crippen LogP contribution >= 0.6 is 23.2 Å². The second-order valence-electron chi connectivity index (χ2n) is 5.94. The zero-order valence-corrected chi connectivity index (χ0v) is 16.1. The van der Waals surface area contributed by atoms with Gasteiger partial charge in [0, 0.05) is 5.69 Å². The molecule has 2 rings (SSSR count). The normalized spacial score (nSPS) is 11.4. The van der Waals surface area contributed by atoms with Gasteiger partial charge in [0.15, 0.2) is 0 Å². The number of carbonyl (C=O) groups is 2. The molecule has 0 aromatic heterocycles. The van der Waals surface area contributed by atoms with Crippen molar-refractivity contribution in [3.63, 3.8) is 0 Å². The number of hydrogen-bond donors (Lipinski definition) is 2. The van der Waals surface area contributed by atoms with Crippen LogP contribution in [0.3, 0.4) is 0 Å². The van der Waals surface area contributed by atoms with E-state index in [1.165, 1.54) is 24.1 Å². The van der Waals surface area contributed by atoms with Gasteiger partial charge in [-0.15, -0.1) is 0 Å². The van der Waals surface area contributed by atoms with E-state index in [0.717, 1.165) is 12.1 Å². The van der Waals surface area contributed by atoms with Crippen LogP contribution in [0.2, 0.25) is 10.0 Å². The van der Waals surface area contributed by atoms with Crippen LogP contribution in [0.25, 0.3) is 0 Å². The van der Waals surface area contributed by atoms with Gasteiger partial charge >= 0.3 is 6.18 Å². The molecule has 0 saturated carbocycles. The Labute approximate surface area is 169 Å². The first-order valence-corrected chi connectivity index (χ1v) is 8.71. The third kappa shape index (κ3) is 6.40. The monoisotopic (exact) mass is 433 g/mol. The van der Waals surface area contributed by atoms with Crippen molar-refractivity contribution in [3.05, 3.63) is 58.1 Å². The maximum Gasteiger partial charge on any atom is 0.416 e. The molecular weight excluding hydrogens is 418 g/mol. The molecule has 0 unspecified atom stereocenters. The predicted molar refractivity (Wildman–Crippen MR) is 103 cm³/mol. The Morgan fingerprint density at radius 2 is 1.50 bits per heavy atom. The minimum atomic E-state index is -4.50. The van der Waals surface area contributed by atoms with Gasteiger partial charge in [0.1, 0.15) is 0 Å². The first-order valence-electron chi connectivity index (χ1n) is 7.96. The molecule has 0 aliphatic heterocycles. The maximum absolute atomic E-state index is 12.7. The van der Waals surface area contributed by atoms with E-state index < -0.39 is 23.6 Å². The van der Waals surface area contributed by atoms with Crippen molar-refractivity contribution < 1.29 is 22.8 Å². The SMILES string of the molecule is CN(CC(=O)Nc1cccc(C(F)(F)F)c1)CC(=O)Nc1c(Cl)cccc1Cl. The Morgan fingerprint density at radius 3 is 2.07 bits per heavy atom. The number of alkyl halides is 3. The minimum Gasteiger partial charge on any atom is -0.325 e. The second-order valence-corrected chi connectivity index (χ2v) is 6.76. The van der Waals surface area contributed by atoms with Gasteiger partial charge in [-0.3, -0.25) is 14.5 Å². The molecule has 2 amide bonds. The van der Waals surface area contributed by atoms with E-state index in [1.807, 2.05) is 0 Å². The molecule has 150 valence electrons. The molecule has 0 radical (unpaired) electrons. The Morgan fingerprint density at radius 1 is 0.964 bits per heavy atom. The van der Waals surface area contributed by atoms with Crippen LogP contribution in [0, 0.1) is 0 Å². The van der Waals surface area contributed by atoms with Crippen LogP contribution in [-0.2, 0) is 15.8 Å². The molecule has 0 fully saturated rings. The van der Waals surface area contributed by atoms with Crippen LogP contribution in [0.4, 0.5) is 24.5 Å². The molecule has 0 aliphatic carbocycles. The lowest BCUT2D eigenvalue weighted by Crippen LogP contribution is -2.36. The van der Waals surface area contributed by atoms with Gasteiger partial charge in [-0.05, 0) is 37.4 Å². The molecule has 0 heterocycles. The summed E-state index contributed by atoms with van der Waals surface area (Å²) in [5, 5.41) is 5.47. The van der Waals surface area contributed by atoms with Crippen molar-refractivity contribution in [2.45, 2.75) is 6.18 Å². The van der Waals surface area contributed by atoms with E-state index in [0.29, 0.717) is 0 Å². The van der Waals surface area contributed by atoms with Crippen molar-refractivity contribution in [1.29, 1.82) is 0 Å². The number of hydrogen-bond acceptors (Lipinski definition) is 3. The first-order chi connectivity index (χ1) is 13.1. The fourth-order valence-electron chi connectivity index (χ4n) is 2.32. The van der Waals surface area contributed by atoms with Crippen molar-refractivity contribution in [2.75, 3.05) is 30.8 Å². The number of benzene rings is 2. The summed E-state index contributed by atoms with van der Waals surface area (Å²) in [4.78, 5) is 25.5. The van der Waals surface area contributed by atoms with E-state index in [4.69, 9.17) is 23.2 Å². The highest BCUT2D eigenvalue weighted by atomic mass is 35.5. The molecule has 0 spiro atoms. The van der Waals surface area contributed by atoms with Crippen molar-refractivity contribution >= 4 is 46.4 Å². The molecule has 0 aliphatic rings. The molecule has 2 aromatic rings. The lowest BCUT2D eigenvalue weighted by Gasteiger charge is -2.17. The van der Waals surface area contributed by atoms with E-state index >= 15 is 0 Å². The van der Waals surface area contributed by atoms with Gasteiger partial charge < -0.3 is 10.6 Å². The number of anilines is 2. The minimum absolute atomic E-state index is 0.0144. The summed E-state index contributed by atoms with van der Waals surface area (Å²) in [5.74, 6) is -1.02. The molecule has 0 atom stereocenters. The number of likely N-dealkylation sites (N-methyl/N-ethyl adjacent to an activating group) is 1. The van der Waals surface area contributed by atoms with Crippen LogP contribution in [0.15, 0.2) is 42.5 Å². The molecule has 0 bridgehead atoms. The average Bonchev–Trinajstić information content (AvgIpc) is 2.57. The van der Waals surface area contributed by atoms with Gasteiger partial charge in [-0.25, -0.2) is 0 Å². The zero-order chi connectivity index (χ0) is 20.9. The van der Waals surface area contributed by atoms with Crippen molar-refractivity contribution in [1.82, 2.24) is 4.90 Å². The van der Waals surface area contributed by atoms with E-state index in [1.54, 1.807) is 18.2 Å². The number of carbonyl (C=O) groups excluding carboxylic acids is 2. The molecule has 2 aromatic carbocycles. The Kier molecular flexibility index (Phi) is 7.29. The lowest BCUT2D eigenvalue weighted by molar-refractivity contribution is -0.137. The topological polar surface area (TPSA) is 61.4 Å². The van der Waals surface area contributed by atoms with E-state index in [9.17, 15) is 22.8 Å². The zero-order valence-electron chi connectivity index (χ0n) is 14.6. The first kappa shape index (κ1) is 22.0. The largest absolute Gasteiger partial charge is 0.416 e. The highest BCUT2D eigenvalue weighted by Gasteiger charge is 2.30. The van der Waals surface area contributed by atoms with Crippen LogP contribution in [0.1, 0.15) is 5.56 Å². The van der Waals surface area contributed by atoms with Gasteiger partial charge in [0.2, 0.25) is 11.8 Å². The average molecular weight is 434 g/mol. The van der Waals surface area contributed by atoms with Gasteiger partial charge in [-0.1, -0.05) is 35.3 Å². The molecule has 0 saturated heterocycles. The second kappa shape index (κ2) is 9.27. The molecule has 10 heteroatoms. The quantitative estimate of drug-likeness (QED) is 0.703. The van der Waals surface area contributed by atoms with E-state index in [2.05, 4.69) is 10.6 Å². The fraction of sp³-hybridized carbons (Fsp3) is 0.222. The van der Waals surface area contributed by atoms with Gasteiger partial charge in [0.05, 0.1) is 34.4 Å². The number of amides is 2. The number of rotatable bonds is 6. The summed E-state index contributed by atoms with van der Waals surface area (Å²) >= 11 is 11.9. The molecular formula is C18H16Cl2F3N3O2. The summed E-state index contributed by atoms with van der Waals surface area (Å²) in [5.41, 5.74) is -0.590. The lowest BCUT2D eigenvalue weighted by atomic mass is 10.2. The van der Waals surface area contributed by atoms with Gasteiger partial charge in [0.25, 0.3) is 0 Å².